The molecule has 0 unspecified atom stereocenters. The molecule has 0 atom stereocenters. The van der Waals surface area contributed by atoms with Crippen LogP contribution >= 0.6 is 0 Å². The maximum atomic E-state index is 12.9. The first-order valence-electron chi connectivity index (χ1n) is 10.6. The summed E-state index contributed by atoms with van der Waals surface area (Å²) in [6.45, 7) is 2.74. The van der Waals surface area contributed by atoms with Crippen molar-refractivity contribution >= 4 is 17.2 Å². The van der Waals surface area contributed by atoms with Crippen LogP contribution in [0.25, 0.3) is 0 Å². The molecule has 1 heterocycles. The van der Waals surface area contributed by atoms with Crippen molar-refractivity contribution < 1.29 is 9.66 Å². The molecule has 1 aromatic heterocycles. The van der Waals surface area contributed by atoms with E-state index in [1.807, 2.05) is 37.3 Å². The molecule has 3 N–H and O–H groups in total. The first-order chi connectivity index (χ1) is 15.8. The normalized spacial score (nSPS) is 10.7. The summed E-state index contributed by atoms with van der Waals surface area (Å²) in [6.07, 6.45) is 1.56. The van der Waals surface area contributed by atoms with Gasteiger partial charge in [0.05, 0.1) is 12.0 Å². The van der Waals surface area contributed by atoms with E-state index < -0.39 is 16.2 Å². The lowest BCUT2D eigenvalue weighted by Crippen LogP contribution is -2.38. The minimum atomic E-state index is -0.620. The zero-order valence-electron chi connectivity index (χ0n) is 18.6. The van der Waals surface area contributed by atoms with Crippen LogP contribution in [0.2, 0.25) is 0 Å². The minimum absolute atomic E-state index is 0.0533. The molecule has 0 aliphatic rings. The summed E-state index contributed by atoms with van der Waals surface area (Å²) in [5.41, 5.74) is 6.59. The van der Waals surface area contributed by atoms with E-state index in [9.17, 15) is 19.7 Å². The molecule has 0 aliphatic carbocycles. The molecule has 0 saturated heterocycles. The molecule has 2 aromatic carbocycles. The third kappa shape index (κ3) is 5.40. The number of nitro groups is 1. The minimum Gasteiger partial charge on any atom is -0.496 e. The summed E-state index contributed by atoms with van der Waals surface area (Å²) in [6, 6.07) is 13.7. The lowest BCUT2D eigenvalue weighted by molar-refractivity contribution is -0.384. The smallest absolute Gasteiger partial charge is 0.330 e. The number of methoxy groups -OCH3 is 1. The molecule has 3 rings (SSSR count). The zero-order chi connectivity index (χ0) is 24.0. The van der Waals surface area contributed by atoms with Crippen LogP contribution in [-0.2, 0) is 19.6 Å². The monoisotopic (exact) mass is 453 g/mol. The first kappa shape index (κ1) is 23.6. The standard InChI is InChI=1S/C23H27N5O5/c1-3-4-12-27-21(24)20(22(29)25-23(27)30)26(14-16-8-6-5-7-9-16)15-17-13-18(28(31)32)10-11-19(17)33-2/h5-11,13H,3-4,12,14-15,24H2,1-2H3,(H,25,29,30). The molecular weight excluding hydrogens is 426 g/mol. The molecule has 0 fully saturated rings. The number of aromatic amines is 1. The number of anilines is 2. The predicted octanol–water partition coefficient (Wildman–Crippen LogP) is 3.04. The van der Waals surface area contributed by atoms with Crippen molar-refractivity contribution in [3.8, 4) is 5.75 Å². The Hall–Kier alpha value is -4.08. The van der Waals surface area contributed by atoms with Crippen LogP contribution in [0, 0.1) is 10.1 Å². The highest BCUT2D eigenvalue weighted by molar-refractivity contribution is 5.63. The average molecular weight is 453 g/mol. The Labute approximate surface area is 190 Å². The molecule has 0 radical (unpaired) electrons. The number of aromatic nitrogens is 2. The fourth-order valence-corrected chi connectivity index (χ4v) is 3.65. The number of nitro benzene ring substituents is 1. The average Bonchev–Trinajstić information content (AvgIpc) is 2.79. The number of nitrogens with zero attached hydrogens (tertiary/aromatic N) is 3. The van der Waals surface area contributed by atoms with Crippen LogP contribution in [0.3, 0.4) is 0 Å². The van der Waals surface area contributed by atoms with E-state index in [2.05, 4.69) is 4.98 Å². The fraction of sp³-hybridized carbons (Fsp3) is 0.304. The van der Waals surface area contributed by atoms with Gasteiger partial charge in [-0.15, -0.1) is 0 Å². The number of nitrogen functional groups attached to an aromatic ring is 1. The molecule has 174 valence electrons. The lowest BCUT2D eigenvalue weighted by atomic mass is 10.1. The second-order valence-corrected chi connectivity index (χ2v) is 7.59. The second kappa shape index (κ2) is 10.5. The summed E-state index contributed by atoms with van der Waals surface area (Å²) in [5.74, 6) is 0.491. The molecule has 10 nitrogen and oxygen atoms in total. The van der Waals surface area contributed by atoms with Crippen LogP contribution < -0.4 is 26.6 Å². The highest BCUT2D eigenvalue weighted by Gasteiger charge is 2.22. The van der Waals surface area contributed by atoms with Gasteiger partial charge in [-0.1, -0.05) is 43.7 Å². The van der Waals surface area contributed by atoms with Gasteiger partial charge in [-0.05, 0) is 18.1 Å². The SMILES string of the molecule is CCCCn1c(N)c(N(Cc2ccccc2)Cc2cc([N+](=O)[O-])ccc2OC)c(=O)[nH]c1=O. The molecule has 0 bridgehead atoms. The molecule has 0 spiro atoms. The summed E-state index contributed by atoms with van der Waals surface area (Å²) >= 11 is 0. The van der Waals surface area contributed by atoms with Crippen molar-refractivity contribution in [2.24, 2.45) is 0 Å². The lowest BCUT2D eigenvalue weighted by Gasteiger charge is -2.27. The van der Waals surface area contributed by atoms with Crippen LogP contribution in [0.1, 0.15) is 30.9 Å². The number of rotatable bonds is 10. The van der Waals surface area contributed by atoms with E-state index in [4.69, 9.17) is 10.5 Å². The van der Waals surface area contributed by atoms with Crippen LogP contribution in [0.4, 0.5) is 17.2 Å². The van der Waals surface area contributed by atoms with Crippen molar-refractivity contribution in [1.82, 2.24) is 9.55 Å². The molecule has 33 heavy (non-hydrogen) atoms. The molecule has 3 aromatic rings. The molecular formula is C23H27N5O5. The molecule has 0 aliphatic heterocycles. The first-order valence-corrected chi connectivity index (χ1v) is 10.6. The van der Waals surface area contributed by atoms with Gasteiger partial charge in [0.25, 0.3) is 11.2 Å². The highest BCUT2D eigenvalue weighted by Crippen LogP contribution is 2.29. The number of benzene rings is 2. The number of hydrogen-bond donors (Lipinski definition) is 2. The number of nitrogens with two attached hydrogens (primary N) is 1. The van der Waals surface area contributed by atoms with Gasteiger partial charge in [0.1, 0.15) is 17.3 Å². The number of nitrogens with one attached hydrogen (secondary N) is 1. The van der Waals surface area contributed by atoms with Crippen molar-refractivity contribution in [3.05, 3.63) is 90.6 Å². The Kier molecular flexibility index (Phi) is 7.50. The Morgan fingerprint density at radius 2 is 1.88 bits per heavy atom. The van der Waals surface area contributed by atoms with Gasteiger partial charge < -0.3 is 15.4 Å². The fourth-order valence-electron chi connectivity index (χ4n) is 3.65. The number of H-pyrrole nitrogens is 1. The molecule has 10 heteroatoms. The summed E-state index contributed by atoms with van der Waals surface area (Å²) < 4.78 is 6.75. The summed E-state index contributed by atoms with van der Waals surface area (Å²) in [4.78, 5) is 40.2. The van der Waals surface area contributed by atoms with Gasteiger partial charge in [0, 0.05) is 37.3 Å². The maximum absolute atomic E-state index is 12.9. The summed E-state index contributed by atoms with van der Waals surface area (Å²) in [7, 11) is 1.47. The van der Waals surface area contributed by atoms with Gasteiger partial charge in [-0.25, -0.2) is 4.79 Å². The third-order valence-corrected chi connectivity index (χ3v) is 5.32. The predicted molar refractivity (Wildman–Crippen MR) is 127 cm³/mol. The molecule has 0 amide bonds. The van der Waals surface area contributed by atoms with Gasteiger partial charge in [-0.3, -0.25) is 24.5 Å². The Morgan fingerprint density at radius 1 is 1.15 bits per heavy atom. The van der Waals surface area contributed by atoms with Crippen molar-refractivity contribution in [2.45, 2.75) is 39.4 Å². The van der Waals surface area contributed by atoms with E-state index >= 15 is 0 Å². The quantitative estimate of drug-likeness (QED) is 0.356. The number of ether oxygens (including phenoxy) is 1. The van der Waals surface area contributed by atoms with E-state index in [0.29, 0.717) is 24.3 Å². The van der Waals surface area contributed by atoms with Gasteiger partial charge >= 0.3 is 5.69 Å². The topological polar surface area (TPSA) is 136 Å². The van der Waals surface area contributed by atoms with Gasteiger partial charge in [0.15, 0.2) is 0 Å². The number of hydrogen-bond acceptors (Lipinski definition) is 7. The Bertz CT molecular complexity index is 1240. The Balaban J connectivity index is 2.14. The van der Waals surface area contributed by atoms with Gasteiger partial charge in [-0.2, -0.15) is 0 Å². The van der Waals surface area contributed by atoms with Crippen molar-refractivity contribution in [1.29, 1.82) is 0 Å². The van der Waals surface area contributed by atoms with Crippen LogP contribution in [0.5, 0.6) is 5.75 Å². The van der Waals surface area contributed by atoms with Crippen LogP contribution in [0.15, 0.2) is 58.1 Å². The van der Waals surface area contributed by atoms with E-state index in [1.165, 1.54) is 29.9 Å². The van der Waals surface area contributed by atoms with Crippen molar-refractivity contribution in [3.63, 3.8) is 0 Å². The zero-order valence-corrected chi connectivity index (χ0v) is 18.6. The maximum Gasteiger partial charge on any atom is 0.330 e. The number of unbranched alkanes of at least 4 members (excludes halogenated alkanes) is 1. The van der Waals surface area contributed by atoms with Crippen LogP contribution in [-0.4, -0.2) is 21.6 Å². The van der Waals surface area contributed by atoms with E-state index in [-0.39, 0.29) is 30.3 Å². The van der Waals surface area contributed by atoms with Gasteiger partial charge in [0.2, 0.25) is 0 Å². The van der Waals surface area contributed by atoms with Crippen molar-refractivity contribution in [2.75, 3.05) is 17.7 Å². The van der Waals surface area contributed by atoms with E-state index in [1.54, 1.807) is 4.90 Å². The Morgan fingerprint density at radius 3 is 2.52 bits per heavy atom. The number of non-ortho nitro benzene ring substituents is 1. The molecule has 0 saturated carbocycles. The summed E-state index contributed by atoms with van der Waals surface area (Å²) in [5, 5.41) is 11.3. The second-order valence-electron chi connectivity index (χ2n) is 7.59. The van der Waals surface area contributed by atoms with E-state index in [0.717, 1.165) is 12.0 Å². The highest BCUT2D eigenvalue weighted by atomic mass is 16.6. The largest absolute Gasteiger partial charge is 0.496 e. The third-order valence-electron chi connectivity index (χ3n) is 5.32.